The second-order valence-corrected chi connectivity index (χ2v) is 5.06. The van der Waals surface area contributed by atoms with Crippen LogP contribution in [0.2, 0.25) is 10.0 Å². The highest BCUT2D eigenvalue weighted by atomic mass is 35.5. The van der Waals surface area contributed by atoms with Gasteiger partial charge in [-0.25, -0.2) is 0 Å². The molecule has 0 saturated heterocycles. The highest BCUT2D eigenvalue weighted by Gasteiger charge is 2.16. The number of carbonyl (C=O) groups is 1. The lowest BCUT2D eigenvalue weighted by atomic mass is 10.1. The maximum absolute atomic E-state index is 11.8. The molecule has 1 aromatic rings. The molecule has 3 nitrogen and oxygen atoms in total. The van der Waals surface area contributed by atoms with Crippen molar-refractivity contribution >= 4 is 29.1 Å². The van der Waals surface area contributed by atoms with E-state index in [0.29, 0.717) is 17.1 Å². The van der Waals surface area contributed by atoms with E-state index in [2.05, 4.69) is 5.32 Å². The molecule has 0 radical (unpaired) electrons. The van der Waals surface area contributed by atoms with Gasteiger partial charge in [-0.2, -0.15) is 0 Å². The van der Waals surface area contributed by atoms with Crippen molar-refractivity contribution in [3.05, 3.63) is 33.8 Å². The van der Waals surface area contributed by atoms with E-state index >= 15 is 0 Å². The molecule has 5 heteroatoms. The number of hydrogen-bond donors (Lipinski definition) is 2. The Morgan fingerprint density at radius 3 is 2.62 bits per heavy atom. The number of rotatable bonds is 3. The molecule has 0 aliphatic carbocycles. The monoisotopic (exact) mass is 260 g/mol. The highest BCUT2D eigenvalue weighted by molar-refractivity contribution is 6.43. The first-order chi connectivity index (χ1) is 7.31. The molecule has 0 aliphatic rings. The zero-order valence-corrected chi connectivity index (χ0v) is 10.7. The average molecular weight is 261 g/mol. The number of nitrogens with one attached hydrogen (secondary N) is 1. The molecule has 1 rings (SSSR count). The standard InChI is InChI=1S/C11H14Cl2N2O/c1-11(2,14)6-15-10(16)7-4-3-5-8(12)9(7)13/h3-5H,6,14H2,1-2H3,(H,15,16). The van der Waals surface area contributed by atoms with Gasteiger partial charge >= 0.3 is 0 Å². The van der Waals surface area contributed by atoms with E-state index in [1.165, 1.54) is 0 Å². The topological polar surface area (TPSA) is 55.1 Å². The molecule has 0 spiro atoms. The normalized spacial score (nSPS) is 11.3. The Balaban J connectivity index is 2.78. The lowest BCUT2D eigenvalue weighted by Gasteiger charge is -2.19. The maximum Gasteiger partial charge on any atom is 0.252 e. The van der Waals surface area contributed by atoms with Gasteiger partial charge in [-0.15, -0.1) is 0 Å². The first-order valence-electron chi connectivity index (χ1n) is 4.82. The summed E-state index contributed by atoms with van der Waals surface area (Å²) in [7, 11) is 0. The van der Waals surface area contributed by atoms with Gasteiger partial charge in [-0.3, -0.25) is 4.79 Å². The third kappa shape index (κ3) is 3.67. The Kier molecular flexibility index (Phi) is 4.19. The van der Waals surface area contributed by atoms with Crippen LogP contribution >= 0.6 is 23.2 Å². The zero-order valence-electron chi connectivity index (χ0n) is 9.18. The fourth-order valence-electron chi connectivity index (χ4n) is 1.08. The molecule has 1 amide bonds. The van der Waals surface area contributed by atoms with Gasteiger partial charge in [0.2, 0.25) is 0 Å². The van der Waals surface area contributed by atoms with Crippen molar-refractivity contribution in [3.8, 4) is 0 Å². The second-order valence-electron chi connectivity index (χ2n) is 4.27. The summed E-state index contributed by atoms with van der Waals surface area (Å²) >= 11 is 11.7. The number of hydrogen-bond acceptors (Lipinski definition) is 2. The van der Waals surface area contributed by atoms with Gasteiger partial charge in [-0.05, 0) is 26.0 Å². The molecule has 0 bridgehead atoms. The summed E-state index contributed by atoms with van der Waals surface area (Å²) in [6.45, 7) is 4.02. The molecule has 88 valence electrons. The molecule has 16 heavy (non-hydrogen) atoms. The van der Waals surface area contributed by atoms with Gasteiger partial charge in [0.1, 0.15) is 0 Å². The largest absolute Gasteiger partial charge is 0.350 e. The number of halogens is 2. The van der Waals surface area contributed by atoms with Crippen molar-refractivity contribution in [1.82, 2.24) is 5.32 Å². The Labute approximate surface area is 105 Å². The summed E-state index contributed by atoms with van der Waals surface area (Å²) in [4.78, 5) is 11.8. The van der Waals surface area contributed by atoms with E-state index in [4.69, 9.17) is 28.9 Å². The van der Waals surface area contributed by atoms with Crippen LogP contribution < -0.4 is 11.1 Å². The Morgan fingerprint density at radius 2 is 2.06 bits per heavy atom. The fourth-order valence-corrected chi connectivity index (χ4v) is 1.47. The van der Waals surface area contributed by atoms with Crippen LogP contribution in [0, 0.1) is 0 Å². The van der Waals surface area contributed by atoms with E-state index in [1.54, 1.807) is 18.2 Å². The van der Waals surface area contributed by atoms with Crippen LogP contribution in [0.15, 0.2) is 18.2 Å². The van der Waals surface area contributed by atoms with Crippen molar-refractivity contribution in [2.75, 3.05) is 6.54 Å². The molecule has 3 N–H and O–H groups in total. The zero-order chi connectivity index (χ0) is 12.3. The van der Waals surface area contributed by atoms with Gasteiger partial charge in [0.05, 0.1) is 15.6 Å². The Hall–Kier alpha value is -0.770. The quantitative estimate of drug-likeness (QED) is 0.878. The summed E-state index contributed by atoms with van der Waals surface area (Å²) in [5.41, 5.74) is 5.66. The highest BCUT2D eigenvalue weighted by Crippen LogP contribution is 2.25. The lowest BCUT2D eigenvalue weighted by molar-refractivity contribution is 0.0946. The summed E-state index contributed by atoms with van der Waals surface area (Å²) < 4.78 is 0. The van der Waals surface area contributed by atoms with E-state index in [1.807, 2.05) is 13.8 Å². The van der Waals surface area contributed by atoms with Crippen LogP contribution in [0.1, 0.15) is 24.2 Å². The molecule has 0 unspecified atom stereocenters. The number of amides is 1. The lowest BCUT2D eigenvalue weighted by Crippen LogP contribution is -2.45. The molecule has 0 aromatic heterocycles. The molecule has 0 atom stereocenters. The third-order valence-corrected chi connectivity index (χ3v) is 2.72. The minimum Gasteiger partial charge on any atom is -0.350 e. The van der Waals surface area contributed by atoms with Gasteiger partial charge in [0, 0.05) is 12.1 Å². The number of benzene rings is 1. The van der Waals surface area contributed by atoms with E-state index in [-0.39, 0.29) is 10.9 Å². The fraction of sp³-hybridized carbons (Fsp3) is 0.364. The van der Waals surface area contributed by atoms with Gasteiger partial charge in [-0.1, -0.05) is 29.3 Å². The Bertz CT molecular complexity index is 399. The average Bonchev–Trinajstić information content (AvgIpc) is 2.17. The first-order valence-corrected chi connectivity index (χ1v) is 5.58. The van der Waals surface area contributed by atoms with Crippen molar-refractivity contribution in [2.45, 2.75) is 19.4 Å². The Morgan fingerprint density at radius 1 is 1.44 bits per heavy atom. The molecule has 0 fully saturated rings. The minimum atomic E-state index is -0.458. The van der Waals surface area contributed by atoms with Gasteiger partial charge < -0.3 is 11.1 Å². The van der Waals surface area contributed by atoms with Crippen LogP contribution in [-0.2, 0) is 0 Å². The summed E-state index contributed by atoms with van der Waals surface area (Å²) in [6.07, 6.45) is 0. The minimum absolute atomic E-state index is 0.261. The van der Waals surface area contributed by atoms with Gasteiger partial charge in [0.25, 0.3) is 5.91 Å². The van der Waals surface area contributed by atoms with Crippen LogP contribution in [0.25, 0.3) is 0 Å². The van der Waals surface area contributed by atoms with Crippen molar-refractivity contribution < 1.29 is 4.79 Å². The van der Waals surface area contributed by atoms with Crippen LogP contribution in [0.4, 0.5) is 0 Å². The predicted octanol–water partition coefficient (Wildman–Crippen LogP) is 2.46. The smallest absolute Gasteiger partial charge is 0.252 e. The number of carbonyl (C=O) groups excluding carboxylic acids is 1. The van der Waals surface area contributed by atoms with Gasteiger partial charge in [0.15, 0.2) is 0 Å². The van der Waals surface area contributed by atoms with E-state index in [9.17, 15) is 4.79 Å². The van der Waals surface area contributed by atoms with E-state index < -0.39 is 5.54 Å². The van der Waals surface area contributed by atoms with Crippen LogP contribution in [0.3, 0.4) is 0 Å². The predicted molar refractivity (Wildman–Crippen MR) is 67.1 cm³/mol. The molecule has 0 saturated carbocycles. The SMILES string of the molecule is CC(C)(N)CNC(=O)c1cccc(Cl)c1Cl. The first kappa shape index (κ1) is 13.3. The molecule has 0 heterocycles. The summed E-state index contributed by atoms with van der Waals surface area (Å²) in [5, 5.41) is 3.32. The van der Waals surface area contributed by atoms with Crippen LogP contribution in [-0.4, -0.2) is 18.0 Å². The number of nitrogens with two attached hydrogens (primary N) is 1. The summed E-state index contributed by atoms with van der Waals surface area (Å²) in [5.74, 6) is -0.272. The molecule has 0 aliphatic heterocycles. The van der Waals surface area contributed by atoms with Crippen molar-refractivity contribution in [3.63, 3.8) is 0 Å². The third-order valence-electron chi connectivity index (χ3n) is 1.90. The summed E-state index contributed by atoms with van der Waals surface area (Å²) in [6, 6.07) is 4.93. The molecule has 1 aromatic carbocycles. The second kappa shape index (κ2) is 5.04. The van der Waals surface area contributed by atoms with Crippen LogP contribution in [0.5, 0.6) is 0 Å². The van der Waals surface area contributed by atoms with Crippen molar-refractivity contribution in [1.29, 1.82) is 0 Å². The molecular formula is C11H14Cl2N2O. The maximum atomic E-state index is 11.8. The van der Waals surface area contributed by atoms with Crippen molar-refractivity contribution in [2.24, 2.45) is 5.73 Å². The molecular weight excluding hydrogens is 247 g/mol. The van der Waals surface area contributed by atoms with E-state index in [0.717, 1.165) is 0 Å².